The molecule has 0 radical (unpaired) electrons. The van der Waals surface area contributed by atoms with Crippen molar-refractivity contribution in [2.45, 2.75) is 43.3 Å². The zero-order valence-corrected chi connectivity index (χ0v) is 14.5. The van der Waals surface area contributed by atoms with Crippen LogP contribution in [0, 0.1) is 0 Å². The molecule has 7 atom stereocenters. The summed E-state index contributed by atoms with van der Waals surface area (Å²) >= 11 is 0. The van der Waals surface area contributed by atoms with Gasteiger partial charge in [-0.2, -0.15) is 8.42 Å². The first kappa shape index (κ1) is 18.4. The third kappa shape index (κ3) is 4.06. The van der Waals surface area contributed by atoms with Gasteiger partial charge in [0.05, 0.1) is 26.1 Å². The van der Waals surface area contributed by atoms with E-state index in [1.807, 2.05) is 0 Å². The molecule has 3 fully saturated rings. The van der Waals surface area contributed by atoms with Crippen LogP contribution in [0.1, 0.15) is 0 Å². The maximum atomic E-state index is 11.2. The Bertz CT molecular complexity index is 525. The van der Waals surface area contributed by atoms with E-state index < -0.39 is 53.4 Å². The average Bonchev–Trinajstić information content (AvgIpc) is 3.03. The predicted octanol–water partition coefficient (Wildman–Crippen LogP) is -1.17. The van der Waals surface area contributed by atoms with Crippen LogP contribution in [0.15, 0.2) is 0 Å². The number of rotatable bonds is 7. The first-order valence-electron chi connectivity index (χ1n) is 7.51. The van der Waals surface area contributed by atoms with E-state index in [9.17, 15) is 8.42 Å². The van der Waals surface area contributed by atoms with Gasteiger partial charge in [-0.1, -0.05) is 0 Å². The summed E-state index contributed by atoms with van der Waals surface area (Å²) in [6.45, 7) is 0.259. The van der Waals surface area contributed by atoms with Crippen LogP contribution in [0.25, 0.3) is 0 Å². The first-order valence-corrected chi connectivity index (χ1v) is 9.32. The van der Waals surface area contributed by atoms with Crippen molar-refractivity contribution in [1.82, 2.24) is 0 Å². The molecule has 3 heterocycles. The highest BCUT2D eigenvalue weighted by Gasteiger charge is 2.58. The summed E-state index contributed by atoms with van der Waals surface area (Å²) in [5.41, 5.74) is 0. The lowest BCUT2D eigenvalue weighted by molar-refractivity contribution is -0.308. The normalized spacial score (nSPS) is 42.0. The van der Waals surface area contributed by atoms with Gasteiger partial charge in [-0.05, 0) is 0 Å². The Hall–Kier alpha value is -0.370. The van der Waals surface area contributed by atoms with Crippen LogP contribution in [-0.2, 0) is 47.5 Å². The Labute approximate surface area is 140 Å². The van der Waals surface area contributed by atoms with Gasteiger partial charge in [0.2, 0.25) is 0 Å². The Kier molecular flexibility index (Phi) is 5.74. The Morgan fingerprint density at radius 1 is 0.792 bits per heavy atom. The van der Waals surface area contributed by atoms with Crippen molar-refractivity contribution in [2.75, 3.05) is 40.3 Å². The molecule has 11 heteroatoms. The van der Waals surface area contributed by atoms with E-state index in [0.717, 1.165) is 6.26 Å². The van der Waals surface area contributed by atoms with Gasteiger partial charge in [-0.25, -0.2) is 0 Å². The van der Waals surface area contributed by atoms with Gasteiger partial charge in [-0.3, -0.25) is 4.18 Å². The van der Waals surface area contributed by atoms with Crippen molar-refractivity contribution < 1.29 is 45.8 Å². The Morgan fingerprint density at radius 2 is 1.42 bits per heavy atom. The zero-order valence-electron chi connectivity index (χ0n) is 13.7. The highest BCUT2D eigenvalue weighted by molar-refractivity contribution is 7.85. The Morgan fingerprint density at radius 3 is 2.04 bits per heavy atom. The van der Waals surface area contributed by atoms with Crippen molar-refractivity contribution in [3.63, 3.8) is 0 Å². The van der Waals surface area contributed by atoms with E-state index in [4.69, 9.17) is 37.3 Å². The highest BCUT2D eigenvalue weighted by Crippen LogP contribution is 2.39. The van der Waals surface area contributed by atoms with Crippen molar-refractivity contribution in [3.8, 4) is 0 Å². The average molecular weight is 370 g/mol. The molecule has 3 rings (SSSR count). The topological polar surface area (TPSA) is 108 Å². The zero-order chi connectivity index (χ0) is 17.3. The molecule has 0 bridgehead atoms. The van der Waals surface area contributed by atoms with E-state index in [1.54, 1.807) is 7.11 Å². The predicted molar refractivity (Wildman–Crippen MR) is 76.5 cm³/mol. The summed E-state index contributed by atoms with van der Waals surface area (Å²) in [6.07, 6.45) is -3.05. The van der Waals surface area contributed by atoms with E-state index >= 15 is 0 Å². The molecular formula is C13H22O10S. The lowest BCUT2D eigenvalue weighted by Gasteiger charge is -2.38. The lowest BCUT2D eigenvalue weighted by atomic mass is 10.0. The molecular weight excluding hydrogens is 348 g/mol. The summed E-state index contributed by atoms with van der Waals surface area (Å²) in [5.74, 6) is 0. The molecule has 0 aromatic heterocycles. The third-order valence-electron chi connectivity index (χ3n) is 3.86. The summed E-state index contributed by atoms with van der Waals surface area (Å²) in [6, 6.07) is 0. The minimum atomic E-state index is -3.60. The highest BCUT2D eigenvalue weighted by atomic mass is 32.2. The fourth-order valence-electron chi connectivity index (χ4n) is 2.95. The molecule has 10 nitrogen and oxygen atoms in total. The maximum absolute atomic E-state index is 11.2. The van der Waals surface area contributed by atoms with Crippen LogP contribution in [0.2, 0.25) is 0 Å². The molecule has 0 N–H and O–H groups in total. The minimum absolute atomic E-state index is 0.179. The molecule has 0 aliphatic carbocycles. The second-order valence-electron chi connectivity index (χ2n) is 5.74. The standard InChI is InChI=1S/C13H22O10S/c1-16-5-8-19-7(4-18-24(3,14)15)10-11(20-8)12-13(23-10)22-9(21-12)6-17-2/h7-13H,4-6H2,1-3H3. The fraction of sp³-hybridized carbons (Fsp3) is 1.00. The van der Waals surface area contributed by atoms with Crippen molar-refractivity contribution in [3.05, 3.63) is 0 Å². The van der Waals surface area contributed by atoms with E-state index in [-0.39, 0.29) is 19.8 Å². The van der Waals surface area contributed by atoms with E-state index in [1.165, 1.54) is 7.11 Å². The molecule has 24 heavy (non-hydrogen) atoms. The minimum Gasteiger partial charge on any atom is -0.379 e. The van der Waals surface area contributed by atoms with Crippen molar-refractivity contribution in [1.29, 1.82) is 0 Å². The first-order chi connectivity index (χ1) is 11.4. The van der Waals surface area contributed by atoms with Crippen molar-refractivity contribution in [2.24, 2.45) is 0 Å². The molecule has 0 saturated carbocycles. The molecule has 3 saturated heterocycles. The van der Waals surface area contributed by atoms with Gasteiger partial charge >= 0.3 is 0 Å². The van der Waals surface area contributed by atoms with Gasteiger partial charge in [0.25, 0.3) is 10.1 Å². The summed E-state index contributed by atoms with van der Waals surface area (Å²) in [7, 11) is -0.547. The molecule has 0 amide bonds. The molecule has 3 aliphatic heterocycles. The second-order valence-corrected chi connectivity index (χ2v) is 7.38. The number of methoxy groups -OCH3 is 2. The van der Waals surface area contributed by atoms with E-state index in [0.29, 0.717) is 0 Å². The van der Waals surface area contributed by atoms with Crippen LogP contribution in [0.5, 0.6) is 0 Å². The quantitative estimate of drug-likeness (QED) is 0.509. The maximum Gasteiger partial charge on any atom is 0.264 e. The largest absolute Gasteiger partial charge is 0.379 e. The van der Waals surface area contributed by atoms with Gasteiger partial charge in [0.1, 0.15) is 24.4 Å². The van der Waals surface area contributed by atoms with Gasteiger partial charge < -0.3 is 33.2 Å². The monoisotopic (exact) mass is 370 g/mol. The smallest absolute Gasteiger partial charge is 0.264 e. The van der Waals surface area contributed by atoms with Gasteiger partial charge in [-0.15, -0.1) is 0 Å². The summed E-state index contributed by atoms with van der Waals surface area (Å²) in [4.78, 5) is 0. The molecule has 0 aromatic carbocycles. The lowest BCUT2D eigenvalue weighted by Crippen LogP contribution is -2.54. The van der Waals surface area contributed by atoms with Crippen LogP contribution < -0.4 is 0 Å². The third-order valence-corrected chi connectivity index (χ3v) is 4.42. The van der Waals surface area contributed by atoms with Crippen LogP contribution in [0.4, 0.5) is 0 Å². The van der Waals surface area contributed by atoms with Gasteiger partial charge in [0, 0.05) is 14.2 Å². The van der Waals surface area contributed by atoms with E-state index in [2.05, 4.69) is 0 Å². The van der Waals surface area contributed by atoms with Crippen LogP contribution in [0.3, 0.4) is 0 Å². The summed E-state index contributed by atoms with van der Waals surface area (Å²) in [5, 5.41) is 0. The SMILES string of the molecule is COCC1OC2OC3C(COS(C)(=O)=O)OC(COC)OC3C2O1. The number of ether oxygens (including phenoxy) is 7. The molecule has 140 valence electrons. The molecule has 0 aromatic rings. The van der Waals surface area contributed by atoms with Crippen molar-refractivity contribution >= 4 is 10.1 Å². The Balaban J connectivity index is 1.69. The molecule has 0 spiro atoms. The summed E-state index contributed by atoms with van der Waals surface area (Å²) < 4.78 is 66.1. The fourth-order valence-corrected chi connectivity index (χ4v) is 3.33. The number of fused-ring (bicyclic) bond motifs is 3. The molecule has 3 aliphatic rings. The number of hydrogen-bond donors (Lipinski definition) is 0. The van der Waals surface area contributed by atoms with Crippen LogP contribution in [-0.4, -0.2) is 92.0 Å². The van der Waals surface area contributed by atoms with Crippen LogP contribution >= 0.6 is 0 Å². The number of hydrogen-bond acceptors (Lipinski definition) is 10. The van der Waals surface area contributed by atoms with Gasteiger partial charge in [0.15, 0.2) is 18.9 Å². The second kappa shape index (κ2) is 7.48. The molecule has 7 unspecified atom stereocenters.